The smallest absolute Gasteiger partial charge is 0.237 e. The number of β-amino-alcohol motifs (C(OH)–C–C–N with tert-alkyl or cyclic N) is 1. The fourth-order valence-corrected chi connectivity index (χ4v) is 1.82. The van der Waals surface area contributed by atoms with E-state index in [-0.39, 0.29) is 11.9 Å². The summed E-state index contributed by atoms with van der Waals surface area (Å²) in [5.74, 6) is 0.100. The first-order valence-electron chi connectivity index (χ1n) is 5.25. The van der Waals surface area contributed by atoms with E-state index < -0.39 is 5.60 Å². The SMILES string of the molecule is CC(C(=O)NC1CC1)N1CC(C)(O)C1. The molecule has 1 aliphatic carbocycles. The highest BCUT2D eigenvalue weighted by Gasteiger charge is 2.41. The summed E-state index contributed by atoms with van der Waals surface area (Å²) in [5, 5.41) is 12.5. The molecule has 0 aromatic rings. The van der Waals surface area contributed by atoms with Gasteiger partial charge in [-0.05, 0) is 26.7 Å². The molecule has 2 N–H and O–H groups in total. The van der Waals surface area contributed by atoms with Crippen LogP contribution in [-0.2, 0) is 4.79 Å². The fraction of sp³-hybridized carbons (Fsp3) is 0.900. The second kappa shape index (κ2) is 3.21. The second-order valence-corrected chi connectivity index (χ2v) is 4.86. The number of amides is 1. The Morgan fingerprint density at radius 1 is 1.57 bits per heavy atom. The Bertz CT molecular complexity index is 241. The van der Waals surface area contributed by atoms with Crippen LogP contribution >= 0.6 is 0 Å². The number of likely N-dealkylation sites (tertiary alicyclic amines) is 1. The Balaban J connectivity index is 1.77. The molecular weight excluding hydrogens is 180 g/mol. The summed E-state index contributed by atoms with van der Waals surface area (Å²) in [6, 6.07) is 0.322. The minimum absolute atomic E-state index is 0.100. The molecule has 0 spiro atoms. The molecule has 1 heterocycles. The number of carbonyl (C=O) groups is 1. The van der Waals surface area contributed by atoms with Gasteiger partial charge in [0.1, 0.15) is 0 Å². The van der Waals surface area contributed by atoms with Crippen molar-refractivity contribution < 1.29 is 9.90 Å². The van der Waals surface area contributed by atoms with E-state index >= 15 is 0 Å². The number of hydrogen-bond donors (Lipinski definition) is 2. The third-order valence-corrected chi connectivity index (χ3v) is 2.94. The topological polar surface area (TPSA) is 52.6 Å². The summed E-state index contributed by atoms with van der Waals surface area (Å²) >= 11 is 0. The third-order valence-electron chi connectivity index (χ3n) is 2.94. The number of carbonyl (C=O) groups excluding carboxylic acids is 1. The lowest BCUT2D eigenvalue weighted by molar-refractivity contribution is -0.138. The van der Waals surface area contributed by atoms with Crippen LogP contribution in [0, 0.1) is 0 Å². The van der Waals surface area contributed by atoms with Crippen molar-refractivity contribution in [3.8, 4) is 0 Å². The molecule has 0 aromatic heterocycles. The van der Waals surface area contributed by atoms with Gasteiger partial charge in [-0.1, -0.05) is 0 Å². The maximum atomic E-state index is 11.6. The minimum atomic E-state index is -0.589. The van der Waals surface area contributed by atoms with Crippen molar-refractivity contribution in [1.82, 2.24) is 10.2 Å². The van der Waals surface area contributed by atoms with E-state index in [4.69, 9.17) is 0 Å². The van der Waals surface area contributed by atoms with Crippen LogP contribution in [0.2, 0.25) is 0 Å². The molecule has 80 valence electrons. The van der Waals surface area contributed by atoms with Crippen molar-refractivity contribution in [3.05, 3.63) is 0 Å². The summed E-state index contributed by atoms with van der Waals surface area (Å²) < 4.78 is 0. The lowest BCUT2D eigenvalue weighted by Gasteiger charge is -2.46. The van der Waals surface area contributed by atoms with Crippen molar-refractivity contribution in [2.45, 2.75) is 44.4 Å². The lowest BCUT2D eigenvalue weighted by atomic mass is 9.95. The molecule has 2 aliphatic rings. The van der Waals surface area contributed by atoms with E-state index in [1.165, 1.54) is 0 Å². The van der Waals surface area contributed by atoms with Gasteiger partial charge in [0.25, 0.3) is 0 Å². The van der Waals surface area contributed by atoms with E-state index in [1.54, 1.807) is 6.92 Å². The number of aliphatic hydroxyl groups is 1. The van der Waals surface area contributed by atoms with E-state index in [1.807, 2.05) is 11.8 Å². The van der Waals surface area contributed by atoms with Crippen LogP contribution in [0.5, 0.6) is 0 Å². The van der Waals surface area contributed by atoms with E-state index in [0.717, 1.165) is 12.8 Å². The molecule has 2 fully saturated rings. The van der Waals surface area contributed by atoms with Crippen LogP contribution in [0.1, 0.15) is 26.7 Å². The average molecular weight is 198 g/mol. The molecule has 1 aliphatic heterocycles. The quantitative estimate of drug-likeness (QED) is 0.656. The van der Waals surface area contributed by atoms with Gasteiger partial charge < -0.3 is 10.4 Å². The summed E-state index contributed by atoms with van der Waals surface area (Å²) in [7, 11) is 0. The van der Waals surface area contributed by atoms with Crippen LogP contribution in [0.25, 0.3) is 0 Å². The van der Waals surface area contributed by atoms with Gasteiger partial charge in [0, 0.05) is 19.1 Å². The standard InChI is InChI=1S/C10H18N2O2/c1-7(9(13)11-8-3-4-8)12-5-10(2,14)6-12/h7-8,14H,3-6H2,1-2H3,(H,11,13). The van der Waals surface area contributed by atoms with Crippen LogP contribution in [0.4, 0.5) is 0 Å². The number of hydrogen-bond acceptors (Lipinski definition) is 3. The van der Waals surface area contributed by atoms with Gasteiger partial charge in [0.15, 0.2) is 0 Å². The van der Waals surface area contributed by atoms with Crippen molar-refractivity contribution in [2.75, 3.05) is 13.1 Å². The van der Waals surface area contributed by atoms with Gasteiger partial charge in [-0.15, -0.1) is 0 Å². The Labute approximate surface area is 84.3 Å². The summed E-state index contributed by atoms with van der Waals surface area (Å²) in [5.41, 5.74) is -0.589. The first-order chi connectivity index (χ1) is 6.48. The molecule has 1 atom stereocenters. The molecule has 1 saturated heterocycles. The lowest BCUT2D eigenvalue weighted by Crippen LogP contribution is -2.65. The van der Waals surface area contributed by atoms with Crippen LogP contribution < -0.4 is 5.32 Å². The Morgan fingerprint density at radius 2 is 2.14 bits per heavy atom. The van der Waals surface area contributed by atoms with E-state index in [9.17, 15) is 9.90 Å². The maximum absolute atomic E-state index is 11.6. The fourth-order valence-electron chi connectivity index (χ4n) is 1.82. The largest absolute Gasteiger partial charge is 0.388 e. The van der Waals surface area contributed by atoms with Gasteiger partial charge in [0.2, 0.25) is 5.91 Å². The van der Waals surface area contributed by atoms with E-state index in [2.05, 4.69) is 5.32 Å². The van der Waals surface area contributed by atoms with Crippen molar-refractivity contribution in [3.63, 3.8) is 0 Å². The molecule has 1 amide bonds. The van der Waals surface area contributed by atoms with E-state index in [0.29, 0.717) is 19.1 Å². The number of nitrogens with one attached hydrogen (secondary N) is 1. The highest BCUT2D eigenvalue weighted by Crippen LogP contribution is 2.23. The molecule has 0 bridgehead atoms. The van der Waals surface area contributed by atoms with Crippen LogP contribution in [0.15, 0.2) is 0 Å². The number of nitrogens with zero attached hydrogens (tertiary/aromatic N) is 1. The molecule has 14 heavy (non-hydrogen) atoms. The first-order valence-corrected chi connectivity index (χ1v) is 5.25. The normalized spacial score (nSPS) is 27.9. The zero-order valence-corrected chi connectivity index (χ0v) is 8.79. The summed E-state index contributed by atoms with van der Waals surface area (Å²) in [6.45, 7) is 4.90. The molecule has 0 radical (unpaired) electrons. The second-order valence-electron chi connectivity index (χ2n) is 4.86. The zero-order valence-electron chi connectivity index (χ0n) is 8.79. The van der Waals surface area contributed by atoms with Gasteiger partial charge >= 0.3 is 0 Å². The summed E-state index contributed by atoms with van der Waals surface area (Å²) in [6.07, 6.45) is 2.24. The Morgan fingerprint density at radius 3 is 2.57 bits per heavy atom. The molecule has 1 unspecified atom stereocenters. The summed E-state index contributed by atoms with van der Waals surface area (Å²) in [4.78, 5) is 13.6. The van der Waals surface area contributed by atoms with Crippen LogP contribution in [0.3, 0.4) is 0 Å². The molecule has 4 nitrogen and oxygen atoms in total. The highest BCUT2D eigenvalue weighted by atomic mass is 16.3. The van der Waals surface area contributed by atoms with Gasteiger partial charge in [-0.3, -0.25) is 9.69 Å². The van der Waals surface area contributed by atoms with Gasteiger partial charge in [-0.25, -0.2) is 0 Å². The predicted molar refractivity (Wildman–Crippen MR) is 52.8 cm³/mol. The van der Waals surface area contributed by atoms with Crippen LogP contribution in [-0.4, -0.2) is 46.7 Å². The monoisotopic (exact) mass is 198 g/mol. The molecule has 1 saturated carbocycles. The van der Waals surface area contributed by atoms with Crippen molar-refractivity contribution in [2.24, 2.45) is 0 Å². The third kappa shape index (κ3) is 2.07. The number of rotatable bonds is 3. The molecule has 0 aromatic carbocycles. The van der Waals surface area contributed by atoms with Crippen molar-refractivity contribution >= 4 is 5.91 Å². The zero-order chi connectivity index (χ0) is 10.3. The molecule has 4 heteroatoms. The maximum Gasteiger partial charge on any atom is 0.237 e. The Hall–Kier alpha value is -0.610. The van der Waals surface area contributed by atoms with Gasteiger partial charge in [-0.2, -0.15) is 0 Å². The van der Waals surface area contributed by atoms with Gasteiger partial charge in [0.05, 0.1) is 11.6 Å². The molecular formula is C10H18N2O2. The Kier molecular flexibility index (Phi) is 2.27. The predicted octanol–water partition coefficient (Wildman–Crippen LogP) is -0.280. The molecule has 2 rings (SSSR count). The first kappa shape index (κ1) is 9.93. The average Bonchev–Trinajstić information content (AvgIpc) is 2.82. The minimum Gasteiger partial charge on any atom is -0.388 e. The highest BCUT2D eigenvalue weighted by molar-refractivity contribution is 5.82. The van der Waals surface area contributed by atoms with Crippen molar-refractivity contribution in [1.29, 1.82) is 0 Å².